The molecule has 0 fully saturated rings. The molecule has 0 radical (unpaired) electrons. The van der Waals surface area contributed by atoms with Crippen LogP contribution in [0.3, 0.4) is 0 Å². The second-order valence-electron chi connectivity index (χ2n) is 5.40. The van der Waals surface area contributed by atoms with Gasteiger partial charge in [-0.3, -0.25) is 4.79 Å². The van der Waals surface area contributed by atoms with Crippen LogP contribution in [-0.4, -0.2) is 17.5 Å². The molecule has 20 heavy (non-hydrogen) atoms. The van der Waals surface area contributed by atoms with Crippen LogP contribution in [0.15, 0.2) is 30.3 Å². The lowest BCUT2D eigenvalue weighted by Crippen LogP contribution is -2.11. The van der Waals surface area contributed by atoms with E-state index >= 15 is 0 Å². The zero-order valence-corrected chi connectivity index (χ0v) is 12.6. The number of hydrogen-bond donors (Lipinski definition) is 0. The maximum atomic E-state index is 10.5. The molecule has 1 rings (SSSR count). The third-order valence-corrected chi connectivity index (χ3v) is 2.50. The van der Waals surface area contributed by atoms with E-state index < -0.39 is 11.7 Å². The Balaban J connectivity index is 0.000000361. The molecule has 0 unspecified atom stereocenters. The van der Waals surface area contributed by atoms with E-state index in [9.17, 15) is 14.9 Å². The van der Waals surface area contributed by atoms with E-state index in [1.165, 1.54) is 5.56 Å². The first kappa shape index (κ1) is 18.1. The molecular formula is C15H23NO4. The second-order valence-corrected chi connectivity index (χ2v) is 5.40. The normalized spacial score (nSPS) is 10.2. The van der Waals surface area contributed by atoms with Crippen molar-refractivity contribution < 1.29 is 14.7 Å². The largest absolute Gasteiger partial charge is 0.306 e. The smallest absolute Gasteiger partial charge is 0.294 e. The van der Waals surface area contributed by atoms with Gasteiger partial charge in [0.25, 0.3) is 5.09 Å². The molecule has 0 bridgehead atoms. The minimum atomic E-state index is -0.965. The first-order valence-electron chi connectivity index (χ1n) is 6.62. The van der Waals surface area contributed by atoms with Crippen molar-refractivity contribution in [3.8, 4) is 0 Å². The Hall–Kier alpha value is -1.91. The SMILES string of the molecule is CC(C)(C)c1ccccc1.CCCC(=O)CO[N+](=O)[O-]. The van der Waals surface area contributed by atoms with Gasteiger partial charge in [0.2, 0.25) is 0 Å². The minimum absolute atomic E-state index is 0.237. The van der Waals surface area contributed by atoms with E-state index in [0.29, 0.717) is 18.3 Å². The zero-order valence-electron chi connectivity index (χ0n) is 12.6. The van der Waals surface area contributed by atoms with Crippen molar-refractivity contribution in [3.63, 3.8) is 0 Å². The predicted octanol–water partition coefficient (Wildman–Crippen LogP) is 3.55. The van der Waals surface area contributed by atoms with Crippen LogP contribution >= 0.6 is 0 Å². The molecule has 0 saturated heterocycles. The molecule has 0 aliphatic rings. The zero-order chi connectivity index (χ0) is 15.6. The van der Waals surface area contributed by atoms with Gasteiger partial charge in [-0.1, -0.05) is 58.0 Å². The summed E-state index contributed by atoms with van der Waals surface area (Å²) in [7, 11) is 0. The van der Waals surface area contributed by atoms with Crippen molar-refractivity contribution in [3.05, 3.63) is 46.0 Å². The van der Waals surface area contributed by atoms with E-state index in [-0.39, 0.29) is 5.78 Å². The Labute approximate surface area is 120 Å². The summed E-state index contributed by atoms with van der Waals surface area (Å²) in [5, 5.41) is 8.57. The molecular weight excluding hydrogens is 258 g/mol. The number of carbonyl (C=O) groups excluding carboxylic acids is 1. The summed E-state index contributed by atoms with van der Waals surface area (Å²) in [5.74, 6) is -0.237. The molecule has 1 aromatic carbocycles. The minimum Gasteiger partial charge on any atom is -0.306 e. The molecule has 0 aliphatic heterocycles. The number of nitrogens with zero attached hydrogens (tertiary/aromatic N) is 1. The van der Waals surface area contributed by atoms with Crippen LogP contribution in [0.5, 0.6) is 0 Å². The highest BCUT2D eigenvalue weighted by atomic mass is 16.9. The lowest BCUT2D eigenvalue weighted by molar-refractivity contribution is -0.754. The van der Waals surface area contributed by atoms with Crippen molar-refractivity contribution in [1.29, 1.82) is 0 Å². The van der Waals surface area contributed by atoms with Crippen LogP contribution in [-0.2, 0) is 15.0 Å². The highest BCUT2D eigenvalue weighted by molar-refractivity contribution is 5.79. The van der Waals surface area contributed by atoms with Crippen molar-refractivity contribution >= 4 is 5.78 Å². The van der Waals surface area contributed by atoms with E-state index in [1.54, 1.807) is 0 Å². The van der Waals surface area contributed by atoms with E-state index in [2.05, 4.69) is 55.9 Å². The van der Waals surface area contributed by atoms with Gasteiger partial charge in [0, 0.05) is 6.42 Å². The Bertz CT molecular complexity index is 410. The van der Waals surface area contributed by atoms with Crippen LogP contribution in [0.4, 0.5) is 0 Å². The maximum Gasteiger partial charge on any atom is 0.294 e. The standard InChI is InChI=1S/C10H14.C5H9NO4/c1-10(2,3)9-7-5-4-6-8-9;1-2-3-5(7)4-10-6(8)9/h4-8H,1-3H3;2-4H2,1H3. The molecule has 0 atom stereocenters. The van der Waals surface area contributed by atoms with Gasteiger partial charge in [0.15, 0.2) is 12.4 Å². The Morgan fingerprint density at radius 1 is 1.25 bits per heavy atom. The molecule has 0 N–H and O–H groups in total. The summed E-state index contributed by atoms with van der Waals surface area (Å²) in [6.45, 7) is 8.08. The average molecular weight is 281 g/mol. The van der Waals surface area contributed by atoms with Crippen LogP contribution in [0, 0.1) is 10.1 Å². The Kier molecular flexibility index (Phi) is 8.20. The number of ketones is 1. The lowest BCUT2D eigenvalue weighted by atomic mass is 9.87. The van der Waals surface area contributed by atoms with Gasteiger partial charge in [0.05, 0.1) is 0 Å². The fourth-order valence-electron chi connectivity index (χ4n) is 1.41. The van der Waals surface area contributed by atoms with Crippen LogP contribution in [0.1, 0.15) is 46.1 Å². The molecule has 0 saturated carbocycles. The van der Waals surface area contributed by atoms with Crippen molar-refractivity contribution in [2.45, 2.75) is 46.0 Å². The number of hydrogen-bond acceptors (Lipinski definition) is 4. The Morgan fingerprint density at radius 3 is 2.15 bits per heavy atom. The van der Waals surface area contributed by atoms with Gasteiger partial charge in [0.1, 0.15) is 0 Å². The summed E-state index contributed by atoms with van der Waals surface area (Å²) < 4.78 is 0. The summed E-state index contributed by atoms with van der Waals surface area (Å²) >= 11 is 0. The van der Waals surface area contributed by atoms with Crippen LogP contribution < -0.4 is 0 Å². The van der Waals surface area contributed by atoms with Crippen LogP contribution in [0.25, 0.3) is 0 Å². The maximum absolute atomic E-state index is 10.5. The number of benzene rings is 1. The molecule has 5 nitrogen and oxygen atoms in total. The van der Waals surface area contributed by atoms with Gasteiger partial charge in [-0.15, -0.1) is 10.1 Å². The first-order chi connectivity index (χ1) is 9.27. The van der Waals surface area contributed by atoms with Crippen LogP contribution in [0.2, 0.25) is 0 Å². The fourth-order valence-corrected chi connectivity index (χ4v) is 1.41. The van der Waals surface area contributed by atoms with E-state index in [4.69, 9.17) is 0 Å². The molecule has 0 heterocycles. The first-order valence-corrected chi connectivity index (χ1v) is 6.62. The highest BCUT2D eigenvalue weighted by Crippen LogP contribution is 2.20. The van der Waals surface area contributed by atoms with Crippen molar-refractivity contribution in [2.75, 3.05) is 6.61 Å². The second kappa shape index (κ2) is 9.07. The third-order valence-electron chi connectivity index (χ3n) is 2.50. The monoisotopic (exact) mass is 281 g/mol. The molecule has 0 amide bonds. The predicted molar refractivity (Wildman–Crippen MR) is 78.0 cm³/mol. The summed E-state index contributed by atoms with van der Waals surface area (Å²) in [4.78, 5) is 23.9. The average Bonchev–Trinajstić information content (AvgIpc) is 2.38. The topological polar surface area (TPSA) is 69.4 Å². The molecule has 0 aromatic heterocycles. The number of carbonyl (C=O) groups is 1. The summed E-state index contributed by atoms with van der Waals surface area (Å²) in [6, 6.07) is 10.6. The fraction of sp³-hybridized carbons (Fsp3) is 0.533. The Morgan fingerprint density at radius 2 is 1.80 bits per heavy atom. The molecule has 5 heteroatoms. The van der Waals surface area contributed by atoms with E-state index in [1.807, 2.05) is 6.92 Å². The molecule has 1 aromatic rings. The van der Waals surface area contributed by atoms with Crippen molar-refractivity contribution in [1.82, 2.24) is 0 Å². The molecule has 0 aliphatic carbocycles. The van der Waals surface area contributed by atoms with Gasteiger partial charge in [-0.2, -0.15) is 0 Å². The van der Waals surface area contributed by atoms with E-state index in [0.717, 1.165) is 0 Å². The third kappa shape index (κ3) is 9.08. The molecule has 0 spiro atoms. The lowest BCUT2D eigenvalue weighted by Gasteiger charge is -2.18. The van der Waals surface area contributed by atoms with Gasteiger partial charge in [-0.25, -0.2) is 0 Å². The van der Waals surface area contributed by atoms with Gasteiger partial charge < -0.3 is 4.84 Å². The van der Waals surface area contributed by atoms with Crippen molar-refractivity contribution in [2.24, 2.45) is 0 Å². The van der Waals surface area contributed by atoms with Gasteiger partial charge >= 0.3 is 0 Å². The quantitative estimate of drug-likeness (QED) is 0.611. The molecule has 112 valence electrons. The highest BCUT2D eigenvalue weighted by Gasteiger charge is 2.11. The number of Topliss-reactive ketones (excluding diaryl/α,β-unsaturated/α-hetero) is 1. The summed E-state index contributed by atoms with van der Waals surface area (Å²) in [5.41, 5.74) is 1.69. The summed E-state index contributed by atoms with van der Waals surface area (Å²) in [6.07, 6.45) is 1.04. The van der Waals surface area contributed by atoms with Gasteiger partial charge in [-0.05, 0) is 17.4 Å². The number of rotatable bonds is 5.